The van der Waals surface area contributed by atoms with E-state index in [0.717, 1.165) is 24.8 Å². The maximum Gasteiger partial charge on any atom is 0.339 e. The molecule has 2 aromatic rings. The minimum Gasteiger partial charge on any atom is -0.379 e. The third kappa shape index (κ3) is 2.87. The highest BCUT2D eigenvalue weighted by molar-refractivity contribution is 7.87. The van der Waals surface area contributed by atoms with E-state index >= 15 is 0 Å². The van der Waals surface area contributed by atoms with Crippen molar-refractivity contribution in [3.63, 3.8) is 0 Å². The summed E-state index contributed by atoms with van der Waals surface area (Å²) >= 11 is 0. The minimum atomic E-state index is -4.01. The fourth-order valence-corrected chi connectivity index (χ4v) is 6.14. The van der Waals surface area contributed by atoms with E-state index in [0.29, 0.717) is 17.5 Å². The van der Waals surface area contributed by atoms with Crippen LogP contribution in [0.5, 0.6) is 5.75 Å². The second kappa shape index (κ2) is 6.42. The molecule has 2 aromatic carbocycles. The number of hydrogen-bond acceptors (Lipinski definition) is 5. The number of amides is 2. The SMILES string of the molecule is Cc1ccc(S(=O)(=O)Oc2cccc(N3C(=O)[C@H]4[C@H]5CC[C@@H](C5)[C@@H]4C3=O)c2)cc1. The topological polar surface area (TPSA) is 80.8 Å². The number of imide groups is 1. The molecule has 0 aromatic heterocycles. The molecule has 0 unspecified atom stereocenters. The molecule has 2 aliphatic carbocycles. The molecule has 0 N–H and O–H groups in total. The van der Waals surface area contributed by atoms with Crippen molar-refractivity contribution in [1.29, 1.82) is 0 Å². The van der Waals surface area contributed by atoms with Crippen LogP contribution >= 0.6 is 0 Å². The van der Waals surface area contributed by atoms with E-state index in [2.05, 4.69) is 0 Å². The second-order valence-electron chi connectivity index (χ2n) is 8.24. The van der Waals surface area contributed by atoms with Crippen LogP contribution in [0.15, 0.2) is 53.4 Å². The molecule has 4 atom stereocenters. The van der Waals surface area contributed by atoms with E-state index < -0.39 is 10.1 Å². The normalized spacial score (nSPS) is 28.1. The first-order chi connectivity index (χ1) is 13.8. The zero-order chi connectivity index (χ0) is 20.3. The average molecular weight is 411 g/mol. The number of nitrogens with zero attached hydrogens (tertiary/aromatic N) is 1. The highest BCUT2D eigenvalue weighted by Gasteiger charge is 2.61. The van der Waals surface area contributed by atoms with E-state index in [1.165, 1.54) is 29.2 Å². The van der Waals surface area contributed by atoms with Crippen LogP contribution in [0.1, 0.15) is 24.8 Å². The molecule has 1 heterocycles. The van der Waals surface area contributed by atoms with E-state index in [4.69, 9.17) is 4.18 Å². The Morgan fingerprint density at radius 1 is 0.931 bits per heavy atom. The summed E-state index contributed by atoms with van der Waals surface area (Å²) in [6.07, 6.45) is 2.99. The number of rotatable bonds is 4. The minimum absolute atomic E-state index is 0.0490. The van der Waals surface area contributed by atoms with Gasteiger partial charge in [0.15, 0.2) is 0 Å². The average Bonchev–Trinajstić information content (AvgIpc) is 3.36. The second-order valence-corrected chi connectivity index (χ2v) is 9.79. The van der Waals surface area contributed by atoms with Crippen LogP contribution < -0.4 is 9.08 Å². The van der Waals surface area contributed by atoms with Crippen molar-refractivity contribution in [1.82, 2.24) is 0 Å². The van der Waals surface area contributed by atoms with Crippen molar-refractivity contribution in [2.75, 3.05) is 4.90 Å². The van der Waals surface area contributed by atoms with E-state index in [1.54, 1.807) is 24.3 Å². The number of anilines is 1. The van der Waals surface area contributed by atoms with Gasteiger partial charge in [0.1, 0.15) is 10.6 Å². The Hall–Kier alpha value is -2.67. The summed E-state index contributed by atoms with van der Waals surface area (Å²) in [4.78, 5) is 27.2. The van der Waals surface area contributed by atoms with Crippen LogP contribution in [0.3, 0.4) is 0 Å². The molecule has 1 aliphatic heterocycles. The monoisotopic (exact) mass is 411 g/mol. The molecule has 1 saturated heterocycles. The van der Waals surface area contributed by atoms with Gasteiger partial charge in [0, 0.05) is 6.07 Å². The molecule has 0 radical (unpaired) electrons. The van der Waals surface area contributed by atoms with Crippen LogP contribution in [-0.4, -0.2) is 20.2 Å². The summed E-state index contributed by atoms with van der Waals surface area (Å²) in [7, 11) is -4.01. The largest absolute Gasteiger partial charge is 0.379 e. The van der Waals surface area contributed by atoms with Crippen LogP contribution in [0.4, 0.5) is 5.69 Å². The molecule has 2 saturated carbocycles. The predicted octanol–water partition coefficient (Wildman–Crippen LogP) is 3.30. The molecule has 7 heteroatoms. The lowest BCUT2D eigenvalue weighted by Gasteiger charge is -2.19. The Balaban J connectivity index is 1.43. The van der Waals surface area contributed by atoms with Gasteiger partial charge in [0.2, 0.25) is 11.8 Å². The summed E-state index contributed by atoms with van der Waals surface area (Å²) < 4.78 is 30.4. The van der Waals surface area contributed by atoms with E-state index in [9.17, 15) is 18.0 Å². The Bertz CT molecular complexity index is 1080. The van der Waals surface area contributed by atoms with Gasteiger partial charge in [-0.05, 0) is 62.3 Å². The molecule has 3 aliphatic rings. The third-order valence-electron chi connectivity index (χ3n) is 6.52. The van der Waals surface area contributed by atoms with Crippen LogP contribution in [0.25, 0.3) is 0 Å². The van der Waals surface area contributed by atoms with Gasteiger partial charge in [-0.25, -0.2) is 4.90 Å². The van der Waals surface area contributed by atoms with E-state index in [-0.39, 0.29) is 34.3 Å². The van der Waals surface area contributed by atoms with Gasteiger partial charge in [-0.1, -0.05) is 23.8 Å². The lowest BCUT2D eigenvalue weighted by Crippen LogP contribution is -2.32. The van der Waals surface area contributed by atoms with Crippen molar-refractivity contribution in [3.8, 4) is 5.75 Å². The first kappa shape index (κ1) is 18.4. The summed E-state index contributed by atoms with van der Waals surface area (Å²) in [5.41, 5.74) is 1.31. The van der Waals surface area contributed by atoms with Gasteiger partial charge < -0.3 is 4.18 Å². The number of carbonyl (C=O) groups excluding carboxylic acids is 2. The zero-order valence-electron chi connectivity index (χ0n) is 15.9. The molecule has 150 valence electrons. The lowest BCUT2D eigenvalue weighted by molar-refractivity contribution is -0.123. The molecular weight excluding hydrogens is 390 g/mol. The van der Waals surface area contributed by atoms with Crippen molar-refractivity contribution < 1.29 is 22.2 Å². The van der Waals surface area contributed by atoms with Crippen molar-refractivity contribution in [3.05, 3.63) is 54.1 Å². The highest BCUT2D eigenvalue weighted by Crippen LogP contribution is 2.56. The van der Waals surface area contributed by atoms with Crippen LogP contribution in [0.2, 0.25) is 0 Å². The van der Waals surface area contributed by atoms with Gasteiger partial charge in [-0.15, -0.1) is 0 Å². The maximum atomic E-state index is 13.0. The Labute approximate surface area is 169 Å². The van der Waals surface area contributed by atoms with E-state index in [1.807, 2.05) is 6.92 Å². The number of benzene rings is 2. The summed E-state index contributed by atoms with van der Waals surface area (Å²) in [5, 5.41) is 0. The number of carbonyl (C=O) groups is 2. The number of aryl methyl sites for hydroxylation is 1. The summed E-state index contributed by atoms with van der Waals surface area (Å²) in [5.74, 6) is -0.0926. The Morgan fingerprint density at radius 2 is 1.55 bits per heavy atom. The standard InChI is InChI=1S/C22H21NO5S/c1-13-5-9-18(10-6-13)29(26,27)28-17-4-2-3-16(12-17)23-21(24)19-14-7-8-15(11-14)20(19)22(23)25/h2-6,9-10,12,14-15,19-20H,7-8,11H2,1H3/t14-,15-,19-,20-/m0/s1. The molecule has 5 rings (SSSR count). The quantitative estimate of drug-likeness (QED) is 0.570. The van der Waals surface area contributed by atoms with Crippen LogP contribution in [0, 0.1) is 30.6 Å². The van der Waals surface area contributed by atoms with Gasteiger partial charge in [-0.2, -0.15) is 8.42 Å². The van der Waals surface area contributed by atoms with Gasteiger partial charge in [0.05, 0.1) is 17.5 Å². The summed E-state index contributed by atoms with van der Waals surface area (Å²) in [6.45, 7) is 1.87. The third-order valence-corrected chi connectivity index (χ3v) is 7.78. The Morgan fingerprint density at radius 3 is 2.17 bits per heavy atom. The first-order valence-corrected chi connectivity index (χ1v) is 11.2. The highest BCUT2D eigenvalue weighted by atomic mass is 32.2. The first-order valence-electron chi connectivity index (χ1n) is 9.84. The molecule has 29 heavy (non-hydrogen) atoms. The molecule has 0 spiro atoms. The van der Waals surface area contributed by atoms with Gasteiger partial charge >= 0.3 is 10.1 Å². The smallest absolute Gasteiger partial charge is 0.339 e. The lowest BCUT2D eigenvalue weighted by atomic mass is 9.81. The van der Waals surface area contributed by atoms with Crippen molar-refractivity contribution in [2.24, 2.45) is 23.7 Å². The zero-order valence-corrected chi connectivity index (χ0v) is 16.8. The Kier molecular flexibility index (Phi) is 4.07. The van der Waals surface area contributed by atoms with Crippen molar-refractivity contribution >= 4 is 27.6 Å². The fraction of sp³-hybridized carbons (Fsp3) is 0.364. The fourth-order valence-electron chi connectivity index (χ4n) is 5.22. The predicted molar refractivity (Wildman–Crippen MR) is 106 cm³/mol. The maximum absolute atomic E-state index is 13.0. The molecule has 6 nitrogen and oxygen atoms in total. The molecular formula is C22H21NO5S. The number of fused-ring (bicyclic) bond motifs is 5. The van der Waals surface area contributed by atoms with Crippen molar-refractivity contribution in [2.45, 2.75) is 31.1 Å². The van der Waals surface area contributed by atoms with Crippen LogP contribution in [-0.2, 0) is 19.7 Å². The number of hydrogen-bond donors (Lipinski definition) is 0. The summed E-state index contributed by atoms with van der Waals surface area (Å²) in [6, 6.07) is 12.6. The molecule has 3 fully saturated rings. The van der Waals surface area contributed by atoms with Gasteiger partial charge in [-0.3, -0.25) is 9.59 Å². The molecule has 2 bridgehead atoms. The van der Waals surface area contributed by atoms with Gasteiger partial charge in [0.25, 0.3) is 0 Å². The molecule has 2 amide bonds.